The third kappa shape index (κ3) is 2.46. The van der Waals surface area contributed by atoms with Gasteiger partial charge in [-0.05, 0) is 31.5 Å². The Morgan fingerprint density at radius 2 is 2.28 bits per heavy atom. The number of carbonyl (C=O) groups excluding carboxylic acids is 1. The predicted octanol–water partition coefficient (Wildman–Crippen LogP) is 2.29. The molecule has 1 amide bonds. The minimum Gasteiger partial charge on any atom is -0.399 e. The lowest BCUT2D eigenvalue weighted by atomic mass is 10.1. The van der Waals surface area contributed by atoms with Gasteiger partial charge in [-0.2, -0.15) is 11.8 Å². The number of halogens is 1. The van der Waals surface area contributed by atoms with Gasteiger partial charge in [0.25, 0.3) is 5.91 Å². The first-order valence-electron chi connectivity index (χ1n) is 5.95. The molecule has 1 aliphatic rings. The van der Waals surface area contributed by atoms with Crippen molar-refractivity contribution in [2.75, 3.05) is 23.8 Å². The molecule has 0 saturated carbocycles. The van der Waals surface area contributed by atoms with Crippen LogP contribution >= 0.6 is 11.8 Å². The van der Waals surface area contributed by atoms with Crippen molar-refractivity contribution >= 4 is 23.4 Å². The number of hydrogen-bond acceptors (Lipinski definition) is 3. The highest BCUT2D eigenvalue weighted by molar-refractivity contribution is 7.99. The van der Waals surface area contributed by atoms with Gasteiger partial charge >= 0.3 is 0 Å². The smallest absolute Gasteiger partial charge is 0.257 e. The van der Waals surface area contributed by atoms with Crippen molar-refractivity contribution in [1.29, 1.82) is 0 Å². The maximum atomic E-state index is 14.0. The number of aryl methyl sites for hydroxylation is 1. The summed E-state index contributed by atoms with van der Waals surface area (Å²) in [5.74, 6) is 1.09. The molecule has 0 bridgehead atoms. The molecule has 18 heavy (non-hydrogen) atoms. The molecule has 0 aromatic heterocycles. The van der Waals surface area contributed by atoms with Gasteiger partial charge in [0.15, 0.2) is 0 Å². The molecule has 1 aromatic carbocycles. The lowest BCUT2D eigenvalue weighted by Crippen LogP contribution is -2.44. The summed E-state index contributed by atoms with van der Waals surface area (Å²) in [5, 5.41) is 0. The lowest BCUT2D eigenvalue weighted by Gasteiger charge is -2.33. The van der Waals surface area contributed by atoms with Gasteiger partial charge in [0.05, 0.1) is 5.56 Å². The predicted molar refractivity (Wildman–Crippen MR) is 73.4 cm³/mol. The standard InChI is InChI=1S/C13H17FN2OS/c1-8-5-10(15)6-11(12(8)14)13(17)16-3-4-18-7-9(16)2/h5-6,9H,3-4,7,15H2,1-2H3. The molecule has 1 heterocycles. The normalized spacial score (nSPS) is 19.9. The minimum atomic E-state index is -0.459. The molecule has 0 radical (unpaired) electrons. The number of carbonyl (C=O) groups is 1. The van der Waals surface area contributed by atoms with Crippen molar-refractivity contribution in [3.63, 3.8) is 0 Å². The summed E-state index contributed by atoms with van der Waals surface area (Å²) in [4.78, 5) is 14.1. The van der Waals surface area contributed by atoms with E-state index in [4.69, 9.17) is 5.73 Å². The van der Waals surface area contributed by atoms with E-state index in [1.165, 1.54) is 6.07 Å². The second-order valence-electron chi connectivity index (χ2n) is 4.62. The van der Waals surface area contributed by atoms with Gasteiger partial charge < -0.3 is 10.6 Å². The summed E-state index contributed by atoms with van der Waals surface area (Å²) in [5.41, 5.74) is 6.62. The molecule has 1 aliphatic heterocycles. The Labute approximate surface area is 111 Å². The summed E-state index contributed by atoms with van der Waals surface area (Å²) in [6, 6.07) is 3.11. The average Bonchev–Trinajstić information content (AvgIpc) is 2.33. The molecule has 1 unspecified atom stereocenters. The largest absolute Gasteiger partial charge is 0.399 e. The van der Waals surface area contributed by atoms with Crippen LogP contribution in [0.5, 0.6) is 0 Å². The second kappa shape index (κ2) is 5.18. The molecule has 2 rings (SSSR count). The van der Waals surface area contributed by atoms with Crippen molar-refractivity contribution in [2.24, 2.45) is 0 Å². The fraction of sp³-hybridized carbons (Fsp3) is 0.462. The Morgan fingerprint density at radius 3 is 2.94 bits per heavy atom. The van der Waals surface area contributed by atoms with E-state index in [9.17, 15) is 9.18 Å². The number of nitrogen functional groups attached to an aromatic ring is 1. The first-order valence-corrected chi connectivity index (χ1v) is 7.10. The van der Waals surface area contributed by atoms with Crippen molar-refractivity contribution in [3.05, 3.63) is 29.1 Å². The highest BCUT2D eigenvalue weighted by Crippen LogP contribution is 2.23. The van der Waals surface area contributed by atoms with Crippen LogP contribution in [0.1, 0.15) is 22.8 Å². The third-order valence-electron chi connectivity index (χ3n) is 3.14. The second-order valence-corrected chi connectivity index (χ2v) is 5.77. The van der Waals surface area contributed by atoms with Crippen LogP contribution < -0.4 is 5.73 Å². The average molecular weight is 268 g/mol. The topological polar surface area (TPSA) is 46.3 Å². The molecule has 1 fully saturated rings. The molecule has 2 N–H and O–H groups in total. The van der Waals surface area contributed by atoms with Gasteiger partial charge in [-0.15, -0.1) is 0 Å². The third-order valence-corrected chi connectivity index (χ3v) is 4.33. The van der Waals surface area contributed by atoms with E-state index in [-0.39, 0.29) is 17.5 Å². The zero-order valence-electron chi connectivity index (χ0n) is 10.6. The van der Waals surface area contributed by atoms with Gasteiger partial charge in [0.1, 0.15) is 5.82 Å². The number of thioether (sulfide) groups is 1. The Hall–Kier alpha value is -1.23. The maximum Gasteiger partial charge on any atom is 0.257 e. The fourth-order valence-corrected chi connectivity index (χ4v) is 3.15. The van der Waals surface area contributed by atoms with Gasteiger partial charge in [-0.3, -0.25) is 4.79 Å². The van der Waals surface area contributed by atoms with Crippen LogP contribution in [0, 0.1) is 12.7 Å². The number of nitrogens with two attached hydrogens (primary N) is 1. The van der Waals surface area contributed by atoms with Crippen molar-refractivity contribution < 1.29 is 9.18 Å². The van der Waals surface area contributed by atoms with Crippen LogP contribution in [0.25, 0.3) is 0 Å². The van der Waals surface area contributed by atoms with E-state index < -0.39 is 5.82 Å². The van der Waals surface area contributed by atoms with Gasteiger partial charge in [-0.1, -0.05) is 0 Å². The zero-order valence-corrected chi connectivity index (χ0v) is 11.4. The highest BCUT2D eigenvalue weighted by atomic mass is 32.2. The summed E-state index contributed by atoms with van der Waals surface area (Å²) in [6.45, 7) is 4.27. The van der Waals surface area contributed by atoms with E-state index in [0.717, 1.165) is 11.5 Å². The van der Waals surface area contributed by atoms with Gasteiger partial charge in [0.2, 0.25) is 0 Å². The fourth-order valence-electron chi connectivity index (χ4n) is 2.14. The van der Waals surface area contributed by atoms with Crippen LogP contribution in [0.4, 0.5) is 10.1 Å². The van der Waals surface area contributed by atoms with Crippen LogP contribution in [-0.4, -0.2) is 34.9 Å². The van der Waals surface area contributed by atoms with Crippen LogP contribution in [-0.2, 0) is 0 Å². The SMILES string of the molecule is Cc1cc(N)cc(C(=O)N2CCSCC2C)c1F. The Kier molecular flexibility index (Phi) is 3.80. The quantitative estimate of drug-likeness (QED) is 0.795. The number of anilines is 1. The van der Waals surface area contributed by atoms with Gasteiger partial charge in [-0.25, -0.2) is 4.39 Å². The number of hydrogen-bond donors (Lipinski definition) is 1. The highest BCUT2D eigenvalue weighted by Gasteiger charge is 2.27. The number of rotatable bonds is 1. The number of amides is 1. The Bertz CT molecular complexity index is 478. The zero-order chi connectivity index (χ0) is 13.3. The first kappa shape index (κ1) is 13.2. The van der Waals surface area contributed by atoms with Crippen molar-refractivity contribution in [3.8, 4) is 0 Å². The van der Waals surface area contributed by atoms with E-state index in [0.29, 0.717) is 17.8 Å². The van der Waals surface area contributed by atoms with Crippen LogP contribution in [0.2, 0.25) is 0 Å². The first-order chi connectivity index (χ1) is 8.50. The van der Waals surface area contributed by atoms with E-state index >= 15 is 0 Å². The minimum absolute atomic E-state index is 0.0891. The summed E-state index contributed by atoms with van der Waals surface area (Å²) >= 11 is 1.82. The molecule has 3 nitrogen and oxygen atoms in total. The monoisotopic (exact) mass is 268 g/mol. The maximum absolute atomic E-state index is 14.0. The molecule has 98 valence electrons. The van der Waals surface area contributed by atoms with Crippen LogP contribution in [0.15, 0.2) is 12.1 Å². The molecular formula is C13H17FN2OS. The summed E-state index contributed by atoms with van der Waals surface area (Å²) in [6.07, 6.45) is 0. The molecule has 0 aliphatic carbocycles. The molecule has 1 saturated heterocycles. The Morgan fingerprint density at radius 1 is 1.56 bits per heavy atom. The molecular weight excluding hydrogens is 251 g/mol. The molecule has 1 atom stereocenters. The summed E-state index contributed by atoms with van der Waals surface area (Å²) < 4.78 is 14.0. The Balaban J connectivity index is 2.33. The number of nitrogens with zero attached hydrogens (tertiary/aromatic N) is 1. The van der Waals surface area contributed by atoms with E-state index in [1.54, 1.807) is 17.9 Å². The number of benzene rings is 1. The summed E-state index contributed by atoms with van der Waals surface area (Å²) in [7, 11) is 0. The molecule has 5 heteroatoms. The van der Waals surface area contributed by atoms with E-state index in [2.05, 4.69) is 0 Å². The molecule has 0 spiro atoms. The lowest BCUT2D eigenvalue weighted by molar-refractivity contribution is 0.0711. The molecule has 1 aromatic rings. The van der Waals surface area contributed by atoms with E-state index in [1.807, 2.05) is 18.7 Å². The van der Waals surface area contributed by atoms with Crippen LogP contribution in [0.3, 0.4) is 0 Å². The van der Waals surface area contributed by atoms with Crippen molar-refractivity contribution in [1.82, 2.24) is 4.90 Å². The van der Waals surface area contributed by atoms with Gasteiger partial charge in [0, 0.05) is 29.8 Å². The van der Waals surface area contributed by atoms with Crippen molar-refractivity contribution in [2.45, 2.75) is 19.9 Å².